The molecule has 0 atom stereocenters. The van der Waals surface area contributed by atoms with E-state index in [2.05, 4.69) is 26.0 Å². The van der Waals surface area contributed by atoms with E-state index < -0.39 is 11.7 Å². The van der Waals surface area contributed by atoms with Gasteiger partial charge in [-0.05, 0) is 42.8 Å². The lowest BCUT2D eigenvalue weighted by Gasteiger charge is -2.19. The Balaban J connectivity index is 2.46. The summed E-state index contributed by atoms with van der Waals surface area (Å²) in [6.45, 7) is 5.37. The second-order valence-electron chi connectivity index (χ2n) is 4.70. The van der Waals surface area contributed by atoms with Crippen LogP contribution in [0.5, 0.6) is 0 Å². The molecule has 96 valence electrons. The summed E-state index contributed by atoms with van der Waals surface area (Å²) < 4.78 is 6.90. The van der Waals surface area contributed by atoms with Crippen LogP contribution in [0.2, 0.25) is 5.02 Å². The summed E-state index contributed by atoms with van der Waals surface area (Å²) in [5.74, 6) is 0. The van der Waals surface area contributed by atoms with Crippen LogP contribution in [-0.4, -0.2) is 26.5 Å². The normalized spacial score (nSPS) is 11.8. The van der Waals surface area contributed by atoms with Crippen molar-refractivity contribution in [1.29, 1.82) is 0 Å². The number of carbonyl (C=O) groups excluding carboxylic acids is 1. The summed E-state index contributed by atoms with van der Waals surface area (Å²) in [4.78, 5) is 16.1. The molecule has 2 aromatic heterocycles. The zero-order chi connectivity index (χ0) is 13.5. The van der Waals surface area contributed by atoms with Crippen LogP contribution in [0, 0.1) is 0 Å². The fraction of sp³-hybridized carbons (Fsp3) is 0.364. The van der Waals surface area contributed by atoms with Gasteiger partial charge in [-0.2, -0.15) is 9.78 Å². The third-order valence-corrected chi connectivity index (χ3v) is 3.15. The van der Waals surface area contributed by atoms with Gasteiger partial charge < -0.3 is 4.74 Å². The molecule has 0 fully saturated rings. The predicted molar refractivity (Wildman–Crippen MR) is 71.9 cm³/mol. The smallest absolute Gasteiger partial charge is 0.435 e. The molecule has 0 saturated heterocycles. The van der Waals surface area contributed by atoms with Gasteiger partial charge >= 0.3 is 6.09 Å². The molecule has 0 aliphatic rings. The molecule has 5 nitrogen and oxygen atoms in total. The number of fused-ring (bicyclic) bond motifs is 1. The molecule has 0 saturated carbocycles. The number of pyridine rings is 1. The second-order valence-corrected chi connectivity index (χ2v) is 5.86. The van der Waals surface area contributed by atoms with Crippen molar-refractivity contribution >= 4 is 44.7 Å². The summed E-state index contributed by atoms with van der Waals surface area (Å²) in [6, 6.07) is 1.62. The number of hydrogen-bond donors (Lipinski definition) is 0. The van der Waals surface area contributed by atoms with Gasteiger partial charge in [0.15, 0.2) is 0 Å². The van der Waals surface area contributed by atoms with Crippen molar-refractivity contribution < 1.29 is 9.53 Å². The molecule has 0 amide bonds. The molecule has 0 aliphatic carbocycles. The lowest BCUT2D eigenvalue weighted by molar-refractivity contribution is 0.0523. The Morgan fingerprint density at radius 2 is 2.17 bits per heavy atom. The predicted octanol–water partition coefficient (Wildman–Crippen LogP) is 3.63. The number of nitrogens with zero attached hydrogens (tertiary/aromatic N) is 3. The van der Waals surface area contributed by atoms with Crippen molar-refractivity contribution in [2.75, 3.05) is 0 Å². The van der Waals surface area contributed by atoms with Gasteiger partial charge in [0.1, 0.15) is 21.2 Å². The highest BCUT2D eigenvalue weighted by Gasteiger charge is 2.20. The molecule has 0 spiro atoms. The van der Waals surface area contributed by atoms with E-state index in [9.17, 15) is 4.79 Å². The molecule has 18 heavy (non-hydrogen) atoms. The quantitative estimate of drug-likeness (QED) is 0.691. The molecular formula is C11H11BrClN3O2. The summed E-state index contributed by atoms with van der Waals surface area (Å²) in [7, 11) is 0. The van der Waals surface area contributed by atoms with Gasteiger partial charge in [-0.25, -0.2) is 9.78 Å². The van der Waals surface area contributed by atoms with Crippen LogP contribution < -0.4 is 0 Å². The molecule has 7 heteroatoms. The third kappa shape index (κ3) is 2.64. The molecule has 0 bridgehead atoms. The van der Waals surface area contributed by atoms with Crippen molar-refractivity contribution in [3.8, 4) is 0 Å². The Morgan fingerprint density at radius 1 is 1.50 bits per heavy atom. The molecular weight excluding hydrogens is 321 g/mol. The van der Waals surface area contributed by atoms with Crippen molar-refractivity contribution in [2.45, 2.75) is 26.4 Å². The molecule has 0 aromatic carbocycles. The summed E-state index contributed by atoms with van der Waals surface area (Å²) in [6.07, 6.45) is 0.929. The van der Waals surface area contributed by atoms with E-state index in [-0.39, 0.29) is 0 Å². The van der Waals surface area contributed by atoms with Gasteiger partial charge in [-0.15, -0.1) is 0 Å². The Kier molecular flexibility index (Phi) is 3.33. The van der Waals surface area contributed by atoms with E-state index in [1.807, 2.05) is 0 Å². The zero-order valence-corrected chi connectivity index (χ0v) is 12.4. The van der Waals surface area contributed by atoms with Gasteiger partial charge in [-0.3, -0.25) is 0 Å². The topological polar surface area (TPSA) is 57.0 Å². The number of hydrogen-bond acceptors (Lipinski definition) is 4. The van der Waals surface area contributed by atoms with Crippen LogP contribution in [0.1, 0.15) is 20.8 Å². The van der Waals surface area contributed by atoms with E-state index in [4.69, 9.17) is 16.3 Å². The fourth-order valence-corrected chi connectivity index (χ4v) is 1.81. The Labute approximate surface area is 117 Å². The average Bonchev–Trinajstić information content (AvgIpc) is 2.59. The number of halogens is 2. The Bertz CT molecular complexity index is 619. The van der Waals surface area contributed by atoms with E-state index in [0.717, 1.165) is 4.68 Å². The van der Waals surface area contributed by atoms with Crippen molar-refractivity contribution in [1.82, 2.24) is 14.8 Å². The van der Waals surface area contributed by atoms with Gasteiger partial charge in [0, 0.05) is 0 Å². The van der Waals surface area contributed by atoms with Crippen molar-refractivity contribution in [3.63, 3.8) is 0 Å². The first kappa shape index (κ1) is 13.3. The zero-order valence-electron chi connectivity index (χ0n) is 10.1. The molecule has 2 aromatic rings. The van der Waals surface area contributed by atoms with Gasteiger partial charge in [0.2, 0.25) is 0 Å². The van der Waals surface area contributed by atoms with Crippen LogP contribution in [0.4, 0.5) is 4.79 Å². The third-order valence-electron chi connectivity index (χ3n) is 2.03. The van der Waals surface area contributed by atoms with Crippen LogP contribution in [-0.2, 0) is 4.74 Å². The molecule has 0 unspecified atom stereocenters. The van der Waals surface area contributed by atoms with E-state index in [1.54, 1.807) is 26.8 Å². The number of carbonyl (C=O) groups is 1. The lowest BCUT2D eigenvalue weighted by atomic mass is 10.2. The van der Waals surface area contributed by atoms with Gasteiger partial charge in [-0.1, -0.05) is 11.6 Å². The van der Waals surface area contributed by atoms with E-state index in [0.29, 0.717) is 20.7 Å². The average molecular weight is 333 g/mol. The molecule has 2 rings (SSSR count). The Hall–Kier alpha value is -1.14. The van der Waals surface area contributed by atoms with Crippen LogP contribution in [0.15, 0.2) is 16.9 Å². The number of aromatic nitrogens is 3. The highest BCUT2D eigenvalue weighted by Crippen LogP contribution is 2.25. The van der Waals surface area contributed by atoms with Crippen LogP contribution >= 0.6 is 27.5 Å². The summed E-state index contributed by atoms with van der Waals surface area (Å²) in [5, 5.41) is 4.37. The highest BCUT2D eigenvalue weighted by atomic mass is 79.9. The SMILES string of the molecule is CC(C)(C)OC(=O)n1ncc2nc(Br)c(Cl)cc21. The van der Waals surface area contributed by atoms with Crippen LogP contribution in [0.25, 0.3) is 11.0 Å². The first-order valence-corrected chi connectivity index (χ1v) is 6.38. The maximum atomic E-state index is 11.9. The largest absolute Gasteiger partial charge is 0.442 e. The van der Waals surface area contributed by atoms with E-state index >= 15 is 0 Å². The summed E-state index contributed by atoms with van der Waals surface area (Å²) >= 11 is 9.17. The van der Waals surface area contributed by atoms with Gasteiger partial charge in [0.05, 0.1) is 11.2 Å². The van der Waals surface area contributed by atoms with Crippen molar-refractivity contribution in [2.24, 2.45) is 0 Å². The molecule has 2 heterocycles. The number of ether oxygens (including phenoxy) is 1. The monoisotopic (exact) mass is 331 g/mol. The molecule has 0 N–H and O–H groups in total. The number of rotatable bonds is 0. The van der Waals surface area contributed by atoms with E-state index in [1.165, 1.54) is 6.20 Å². The maximum Gasteiger partial charge on any atom is 0.435 e. The lowest BCUT2D eigenvalue weighted by Crippen LogP contribution is -2.27. The molecule has 0 radical (unpaired) electrons. The second kappa shape index (κ2) is 4.51. The minimum Gasteiger partial charge on any atom is -0.442 e. The van der Waals surface area contributed by atoms with Crippen molar-refractivity contribution in [3.05, 3.63) is 21.9 Å². The molecule has 0 aliphatic heterocycles. The minimum atomic E-state index is -0.581. The first-order chi connectivity index (χ1) is 8.28. The highest BCUT2D eigenvalue weighted by molar-refractivity contribution is 9.10. The maximum absolute atomic E-state index is 11.9. The standard InChI is InChI=1S/C11H11BrClN3O2/c1-11(2,3)18-10(17)16-8-4-6(13)9(12)15-7(8)5-14-16/h4-5H,1-3H3. The summed E-state index contributed by atoms with van der Waals surface area (Å²) in [5.41, 5.74) is 0.497. The van der Waals surface area contributed by atoms with Gasteiger partial charge in [0.25, 0.3) is 0 Å². The minimum absolute atomic E-state index is 0.410. The fourth-order valence-electron chi connectivity index (χ4n) is 1.36. The Morgan fingerprint density at radius 3 is 2.78 bits per heavy atom. The first-order valence-electron chi connectivity index (χ1n) is 5.21. The van der Waals surface area contributed by atoms with Crippen LogP contribution in [0.3, 0.4) is 0 Å².